The standard InChI is InChI=1S/C11H12N4O2S/c1-7-14-10(6-18-7)5-13-9-2-8(12)3-11(4-9)15(16)17/h2-4,6,13H,5,12H2,1H3. The molecule has 0 atom stereocenters. The van der Waals surface area contributed by atoms with Gasteiger partial charge in [-0.1, -0.05) is 0 Å². The number of nitrogens with two attached hydrogens (primary N) is 1. The van der Waals surface area contributed by atoms with Gasteiger partial charge in [-0.2, -0.15) is 0 Å². The summed E-state index contributed by atoms with van der Waals surface area (Å²) in [4.78, 5) is 14.5. The van der Waals surface area contributed by atoms with Gasteiger partial charge in [0.15, 0.2) is 0 Å². The first-order valence-electron chi connectivity index (χ1n) is 5.24. The number of hydrogen-bond acceptors (Lipinski definition) is 6. The van der Waals surface area contributed by atoms with Crippen LogP contribution in [0.4, 0.5) is 17.1 Å². The molecule has 0 amide bonds. The highest BCUT2D eigenvalue weighted by Crippen LogP contribution is 2.22. The number of nitrogens with zero attached hydrogens (tertiary/aromatic N) is 2. The second kappa shape index (κ2) is 5.01. The number of benzene rings is 1. The Morgan fingerprint density at radius 1 is 1.50 bits per heavy atom. The van der Waals surface area contributed by atoms with E-state index in [2.05, 4.69) is 10.3 Å². The van der Waals surface area contributed by atoms with Crippen LogP contribution in [0.5, 0.6) is 0 Å². The van der Waals surface area contributed by atoms with Crippen LogP contribution in [-0.2, 0) is 6.54 Å². The summed E-state index contributed by atoms with van der Waals surface area (Å²) in [5.41, 5.74) is 7.48. The van der Waals surface area contributed by atoms with E-state index in [0.29, 0.717) is 17.9 Å². The van der Waals surface area contributed by atoms with E-state index in [1.807, 2.05) is 12.3 Å². The van der Waals surface area contributed by atoms with Crippen LogP contribution in [0.3, 0.4) is 0 Å². The Hall–Kier alpha value is -2.15. The highest BCUT2D eigenvalue weighted by molar-refractivity contribution is 7.09. The average molecular weight is 264 g/mol. The number of nitrogens with one attached hydrogen (secondary N) is 1. The van der Waals surface area contributed by atoms with Gasteiger partial charge >= 0.3 is 0 Å². The zero-order valence-corrected chi connectivity index (χ0v) is 10.5. The zero-order chi connectivity index (χ0) is 13.1. The third-order valence-electron chi connectivity index (χ3n) is 2.29. The van der Waals surface area contributed by atoms with Crippen LogP contribution in [0.25, 0.3) is 0 Å². The normalized spacial score (nSPS) is 10.3. The number of aromatic nitrogens is 1. The first-order chi connectivity index (χ1) is 8.54. The molecule has 3 N–H and O–H groups in total. The van der Waals surface area contributed by atoms with Gasteiger partial charge < -0.3 is 11.1 Å². The number of thiazole rings is 1. The molecule has 0 aliphatic rings. The van der Waals surface area contributed by atoms with E-state index in [0.717, 1.165) is 10.7 Å². The number of aryl methyl sites for hydroxylation is 1. The smallest absolute Gasteiger partial charge is 0.273 e. The molecule has 0 spiro atoms. The molecule has 0 saturated carbocycles. The first-order valence-corrected chi connectivity index (χ1v) is 6.12. The monoisotopic (exact) mass is 264 g/mol. The summed E-state index contributed by atoms with van der Waals surface area (Å²) in [5, 5.41) is 16.7. The lowest BCUT2D eigenvalue weighted by Crippen LogP contribution is -2.01. The number of hydrogen-bond donors (Lipinski definition) is 2. The summed E-state index contributed by atoms with van der Waals surface area (Å²) in [6.45, 7) is 2.45. The third-order valence-corrected chi connectivity index (χ3v) is 3.11. The highest BCUT2D eigenvalue weighted by Gasteiger charge is 2.08. The quantitative estimate of drug-likeness (QED) is 0.502. The van der Waals surface area contributed by atoms with Crippen molar-refractivity contribution in [3.05, 3.63) is 44.4 Å². The maximum absolute atomic E-state index is 10.7. The molecular formula is C11H12N4O2S. The number of anilines is 2. The highest BCUT2D eigenvalue weighted by atomic mass is 32.1. The second-order valence-electron chi connectivity index (χ2n) is 3.78. The van der Waals surface area contributed by atoms with E-state index in [-0.39, 0.29) is 5.69 Å². The van der Waals surface area contributed by atoms with Crippen LogP contribution in [-0.4, -0.2) is 9.91 Å². The van der Waals surface area contributed by atoms with Gasteiger partial charge in [0, 0.05) is 28.9 Å². The number of rotatable bonds is 4. The Morgan fingerprint density at radius 3 is 2.89 bits per heavy atom. The molecular weight excluding hydrogens is 252 g/mol. The second-order valence-corrected chi connectivity index (χ2v) is 4.84. The summed E-state index contributed by atoms with van der Waals surface area (Å²) in [6, 6.07) is 4.44. The van der Waals surface area contributed by atoms with E-state index in [1.165, 1.54) is 12.1 Å². The molecule has 0 unspecified atom stereocenters. The molecule has 94 valence electrons. The van der Waals surface area contributed by atoms with E-state index in [9.17, 15) is 10.1 Å². The van der Waals surface area contributed by atoms with Gasteiger partial charge in [-0.25, -0.2) is 4.98 Å². The Balaban J connectivity index is 2.11. The number of nitrogen functional groups attached to an aromatic ring is 1. The van der Waals surface area contributed by atoms with Crippen LogP contribution in [0.1, 0.15) is 10.7 Å². The number of nitro groups is 1. The van der Waals surface area contributed by atoms with Gasteiger partial charge in [0.1, 0.15) is 0 Å². The Bertz CT molecular complexity index is 582. The average Bonchev–Trinajstić information content (AvgIpc) is 2.72. The molecule has 0 radical (unpaired) electrons. The van der Waals surface area contributed by atoms with Gasteiger partial charge in [0.2, 0.25) is 0 Å². The lowest BCUT2D eigenvalue weighted by atomic mass is 10.2. The minimum absolute atomic E-state index is 0.0213. The van der Waals surface area contributed by atoms with E-state index in [4.69, 9.17) is 5.73 Å². The van der Waals surface area contributed by atoms with Gasteiger partial charge in [-0.3, -0.25) is 10.1 Å². The van der Waals surface area contributed by atoms with Crippen molar-refractivity contribution in [1.82, 2.24) is 4.98 Å². The maximum Gasteiger partial charge on any atom is 0.273 e. The van der Waals surface area contributed by atoms with Gasteiger partial charge in [0.25, 0.3) is 5.69 Å². The minimum atomic E-state index is -0.464. The summed E-state index contributed by atoms with van der Waals surface area (Å²) < 4.78 is 0. The molecule has 18 heavy (non-hydrogen) atoms. The Morgan fingerprint density at radius 2 is 2.28 bits per heavy atom. The fourth-order valence-electron chi connectivity index (χ4n) is 1.52. The van der Waals surface area contributed by atoms with E-state index < -0.39 is 4.92 Å². The zero-order valence-electron chi connectivity index (χ0n) is 9.71. The van der Waals surface area contributed by atoms with Gasteiger partial charge in [-0.05, 0) is 13.0 Å². The minimum Gasteiger partial charge on any atom is -0.398 e. The summed E-state index contributed by atoms with van der Waals surface area (Å²) in [5.74, 6) is 0. The van der Waals surface area contributed by atoms with Gasteiger partial charge in [-0.15, -0.1) is 11.3 Å². The topological polar surface area (TPSA) is 94.1 Å². The lowest BCUT2D eigenvalue weighted by Gasteiger charge is -2.05. The van der Waals surface area contributed by atoms with Crippen molar-refractivity contribution in [2.75, 3.05) is 11.1 Å². The molecule has 0 aliphatic heterocycles. The summed E-state index contributed by atoms with van der Waals surface area (Å²) in [7, 11) is 0. The number of nitro benzene ring substituents is 1. The molecule has 0 bridgehead atoms. The van der Waals surface area contributed by atoms with Crippen molar-refractivity contribution in [2.24, 2.45) is 0 Å². The Kier molecular flexibility index (Phi) is 3.42. The molecule has 6 nitrogen and oxygen atoms in total. The predicted molar refractivity (Wildman–Crippen MR) is 71.7 cm³/mol. The molecule has 0 fully saturated rings. The van der Waals surface area contributed by atoms with Crippen molar-refractivity contribution < 1.29 is 4.92 Å². The molecule has 0 saturated heterocycles. The fourth-order valence-corrected chi connectivity index (χ4v) is 2.14. The van der Waals surface area contributed by atoms with Gasteiger partial charge in [0.05, 0.1) is 22.2 Å². The number of non-ortho nitro benzene ring substituents is 1. The molecule has 1 heterocycles. The molecule has 1 aromatic heterocycles. The summed E-state index contributed by atoms with van der Waals surface area (Å²) in [6.07, 6.45) is 0. The molecule has 0 aliphatic carbocycles. The van der Waals surface area contributed by atoms with Crippen molar-refractivity contribution in [3.8, 4) is 0 Å². The van der Waals surface area contributed by atoms with Crippen LogP contribution < -0.4 is 11.1 Å². The summed E-state index contributed by atoms with van der Waals surface area (Å²) >= 11 is 1.57. The van der Waals surface area contributed by atoms with Crippen molar-refractivity contribution in [3.63, 3.8) is 0 Å². The van der Waals surface area contributed by atoms with Crippen LogP contribution in [0.15, 0.2) is 23.6 Å². The van der Waals surface area contributed by atoms with Crippen LogP contribution in [0, 0.1) is 17.0 Å². The predicted octanol–water partition coefficient (Wildman–Crippen LogP) is 2.55. The van der Waals surface area contributed by atoms with Crippen molar-refractivity contribution >= 4 is 28.4 Å². The van der Waals surface area contributed by atoms with E-state index >= 15 is 0 Å². The van der Waals surface area contributed by atoms with Crippen molar-refractivity contribution in [2.45, 2.75) is 13.5 Å². The molecule has 2 aromatic rings. The molecule has 1 aromatic carbocycles. The maximum atomic E-state index is 10.7. The van der Waals surface area contributed by atoms with Crippen LogP contribution >= 0.6 is 11.3 Å². The largest absolute Gasteiger partial charge is 0.398 e. The van der Waals surface area contributed by atoms with Crippen LogP contribution in [0.2, 0.25) is 0 Å². The molecule has 2 rings (SSSR count). The fraction of sp³-hybridized carbons (Fsp3) is 0.182. The first kappa shape index (κ1) is 12.3. The lowest BCUT2D eigenvalue weighted by molar-refractivity contribution is -0.384. The molecule has 7 heteroatoms. The van der Waals surface area contributed by atoms with Crippen molar-refractivity contribution in [1.29, 1.82) is 0 Å². The SMILES string of the molecule is Cc1nc(CNc2cc(N)cc([N+](=O)[O-])c2)cs1. The third kappa shape index (κ3) is 2.95. The van der Waals surface area contributed by atoms with E-state index in [1.54, 1.807) is 17.4 Å². The Labute approximate surface area is 108 Å².